The SMILES string of the molecule is C[C@@H]1Cc2c([nH]c3ccccc23)[C@@H](c2c(F)cc(/C=C/C(=O)O)cc2F)N1[C@H]1CCC2CC1C2. The van der Waals surface area contributed by atoms with Gasteiger partial charge in [-0.1, -0.05) is 18.2 Å². The largest absolute Gasteiger partial charge is 0.478 e. The van der Waals surface area contributed by atoms with Crippen molar-refractivity contribution >= 4 is 22.9 Å². The molecule has 6 heteroatoms. The second-order valence-corrected chi connectivity index (χ2v) is 10.3. The summed E-state index contributed by atoms with van der Waals surface area (Å²) < 4.78 is 31.4. The van der Waals surface area contributed by atoms with Crippen LogP contribution < -0.4 is 0 Å². The first kappa shape index (κ1) is 21.5. The Labute approximate surface area is 197 Å². The molecule has 0 spiro atoms. The van der Waals surface area contributed by atoms with Crippen LogP contribution in [-0.2, 0) is 11.2 Å². The fourth-order valence-corrected chi connectivity index (χ4v) is 6.79. The first-order chi connectivity index (χ1) is 16.4. The molecule has 2 bridgehead atoms. The number of aliphatic carboxylic acids is 1. The molecule has 4 aliphatic rings. The van der Waals surface area contributed by atoms with Gasteiger partial charge in [0.2, 0.25) is 0 Å². The maximum absolute atomic E-state index is 15.7. The molecule has 3 saturated carbocycles. The number of carboxylic acids is 1. The number of aromatic amines is 1. The molecule has 0 unspecified atom stereocenters. The van der Waals surface area contributed by atoms with Gasteiger partial charge in [0.05, 0.1) is 6.04 Å². The van der Waals surface area contributed by atoms with E-state index in [0.29, 0.717) is 12.0 Å². The van der Waals surface area contributed by atoms with Crippen LogP contribution in [-0.4, -0.2) is 33.0 Å². The Hall–Kier alpha value is -2.99. The van der Waals surface area contributed by atoms with Gasteiger partial charge in [0.1, 0.15) is 11.6 Å². The molecule has 1 aliphatic heterocycles. The summed E-state index contributed by atoms with van der Waals surface area (Å²) in [6, 6.07) is 10.5. The number of benzene rings is 2. The van der Waals surface area contributed by atoms with Crippen LogP contribution >= 0.6 is 0 Å². The predicted molar refractivity (Wildman–Crippen MR) is 127 cm³/mol. The van der Waals surface area contributed by atoms with Crippen LogP contribution in [0, 0.1) is 23.5 Å². The number of nitrogens with zero attached hydrogens (tertiary/aromatic N) is 1. The first-order valence-corrected chi connectivity index (χ1v) is 12.2. The molecule has 1 aromatic heterocycles. The lowest BCUT2D eigenvalue weighted by Crippen LogP contribution is -2.56. The highest BCUT2D eigenvalue weighted by molar-refractivity contribution is 5.86. The van der Waals surface area contributed by atoms with E-state index >= 15 is 8.78 Å². The van der Waals surface area contributed by atoms with E-state index in [9.17, 15) is 4.79 Å². The number of halogens is 2. The fraction of sp³-hybridized carbons (Fsp3) is 0.393. The average molecular weight is 463 g/mol. The van der Waals surface area contributed by atoms with Crippen molar-refractivity contribution in [3.8, 4) is 0 Å². The average Bonchev–Trinajstić information content (AvgIpc) is 3.15. The van der Waals surface area contributed by atoms with E-state index in [1.165, 1.54) is 37.5 Å². The molecule has 3 fully saturated rings. The number of fused-ring (bicyclic) bond motifs is 5. The molecule has 3 aromatic rings. The number of aromatic nitrogens is 1. The smallest absolute Gasteiger partial charge is 0.328 e. The number of rotatable bonds is 4. The second kappa shape index (κ2) is 8.05. The van der Waals surface area contributed by atoms with Crippen molar-refractivity contribution in [3.05, 3.63) is 76.5 Å². The summed E-state index contributed by atoms with van der Waals surface area (Å²) in [5.41, 5.74) is 3.26. The second-order valence-electron chi connectivity index (χ2n) is 10.3. The van der Waals surface area contributed by atoms with Gasteiger partial charge in [-0.05, 0) is 86.3 Å². The first-order valence-electron chi connectivity index (χ1n) is 12.2. The van der Waals surface area contributed by atoms with Crippen molar-refractivity contribution in [2.45, 2.75) is 57.2 Å². The summed E-state index contributed by atoms with van der Waals surface area (Å²) in [6.45, 7) is 2.18. The van der Waals surface area contributed by atoms with Crippen molar-refractivity contribution in [1.29, 1.82) is 0 Å². The molecular formula is C28H28F2N2O2. The van der Waals surface area contributed by atoms with E-state index in [2.05, 4.69) is 22.9 Å². The molecule has 34 heavy (non-hydrogen) atoms. The van der Waals surface area contributed by atoms with Crippen LogP contribution in [0.3, 0.4) is 0 Å². The van der Waals surface area contributed by atoms with Gasteiger partial charge in [0, 0.05) is 40.3 Å². The molecule has 2 N–H and O–H groups in total. The van der Waals surface area contributed by atoms with Gasteiger partial charge in [0.15, 0.2) is 0 Å². The summed E-state index contributed by atoms with van der Waals surface area (Å²) in [4.78, 5) is 16.8. The maximum Gasteiger partial charge on any atom is 0.328 e. The van der Waals surface area contributed by atoms with E-state index in [1.54, 1.807) is 0 Å². The molecule has 2 heterocycles. The van der Waals surface area contributed by atoms with Crippen molar-refractivity contribution in [2.75, 3.05) is 0 Å². The lowest BCUT2D eigenvalue weighted by molar-refractivity contribution is -0.131. The van der Waals surface area contributed by atoms with Gasteiger partial charge in [0.25, 0.3) is 0 Å². The number of carbonyl (C=O) groups is 1. The Morgan fingerprint density at radius 2 is 1.88 bits per heavy atom. The molecule has 7 rings (SSSR count). The van der Waals surface area contributed by atoms with Gasteiger partial charge < -0.3 is 10.1 Å². The fourth-order valence-electron chi connectivity index (χ4n) is 6.79. The zero-order valence-electron chi connectivity index (χ0n) is 19.1. The minimum Gasteiger partial charge on any atom is -0.478 e. The van der Waals surface area contributed by atoms with E-state index in [0.717, 1.165) is 47.0 Å². The third-order valence-electron chi connectivity index (χ3n) is 8.29. The monoisotopic (exact) mass is 462 g/mol. The Bertz CT molecular complexity index is 1280. The molecule has 4 nitrogen and oxygen atoms in total. The molecule has 0 saturated heterocycles. The van der Waals surface area contributed by atoms with E-state index in [1.807, 2.05) is 18.2 Å². The highest BCUT2D eigenvalue weighted by atomic mass is 19.1. The zero-order valence-corrected chi connectivity index (χ0v) is 19.1. The van der Waals surface area contributed by atoms with E-state index in [4.69, 9.17) is 5.11 Å². The number of carboxylic acid groups (broad SMARTS) is 1. The van der Waals surface area contributed by atoms with E-state index < -0.39 is 23.6 Å². The van der Waals surface area contributed by atoms with Gasteiger partial charge in [-0.25, -0.2) is 13.6 Å². The normalized spacial score (nSPS) is 28.7. The molecule has 3 atom stereocenters. The summed E-state index contributed by atoms with van der Waals surface area (Å²) in [6.07, 6.45) is 7.63. The van der Waals surface area contributed by atoms with E-state index in [-0.39, 0.29) is 17.2 Å². The number of H-pyrrole nitrogens is 1. The van der Waals surface area contributed by atoms with Gasteiger partial charge in [-0.15, -0.1) is 0 Å². The summed E-state index contributed by atoms with van der Waals surface area (Å²) in [5.74, 6) is -1.03. The molecule has 2 aromatic carbocycles. The number of nitrogens with one attached hydrogen (secondary N) is 1. The third-order valence-corrected chi connectivity index (χ3v) is 8.29. The van der Waals surface area contributed by atoms with Crippen LogP contribution in [0.15, 0.2) is 42.5 Å². The molecule has 3 aliphatic carbocycles. The minimum atomic E-state index is -1.16. The molecule has 0 amide bonds. The topological polar surface area (TPSA) is 56.3 Å². The number of hydrogen-bond acceptors (Lipinski definition) is 2. The van der Waals surface area contributed by atoms with Gasteiger partial charge in [-0.3, -0.25) is 4.90 Å². The highest BCUT2D eigenvalue weighted by Crippen LogP contribution is 2.52. The van der Waals surface area contributed by atoms with Crippen LogP contribution in [0.5, 0.6) is 0 Å². The van der Waals surface area contributed by atoms with Crippen LogP contribution in [0.25, 0.3) is 17.0 Å². The highest BCUT2D eigenvalue weighted by Gasteiger charge is 2.49. The summed E-state index contributed by atoms with van der Waals surface area (Å²) >= 11 is 0. The quantitative estimate of drug-likeness (QED) is 0.463. The van der Waals surface area contributed by atoms with Crippen molar-refractivity contribution in [2.24, 2.45) is 11.8 Å². The maximum atomic E-state index is 15.7. The minimum absolute atomic E-state index is 0.0493. The summed E-state index contributed by atoms with van der Waals surface area (Å²) in [7, 11) is 0. The van der Waals surface area contributed by atoms with Crippen LogP contribution in [0.1, 0.15) is 61.0 Å². The Morgan fingerprint density at radius 3 is 2.56 bits per heavy atom. The third kappa shape index (κ3) is 3.38. The van der Waals surface area contributed by atoms with Crippen molar-refractivity contribution in [3.63, 3.8) is 0 Å². The Kier molecular flexibility index (Phi) is 5.10. The van der Waals surface area contributed by atoms with Gasteiger partial charge >= 0.3 is 5.97 Å². The zero-order chi connectivity index (χ0) is 23.6. The predicted octanol–water partition coefficient (Wildman–Crippen LogP) is 6.07. The standard InChI is InChI=1S/C28H28F2N2O2/c1-15-10-20-19-4-2-3-5-23(19)31-27(20)28(32(15)24-8-6-16-11-18(24)12-16)26-21(29)13-17(14-22(26)30)7-9-25(33)34/h2-5,7,9,13-16,18,24,28,31H,6,8,10-12H2,1H3,(H,33,34)/b9-7+/t15-,16?,18?,24+,28-/m1/s1. The Morgan fingerprint density at radius 1 is 1.15 bits per heavy atom. The van der Waals surface area contributed by atoms with Crippen molar-refractivity contribution < 1.29 is 18.7 Å². The van der Waals surface area contributed by atoms with Gasteiger partial charge in [-0.2, -0.15) is 0 Å². The Balaban J connectivity index is 1.52. The molecule has 0 radical (unpaired) electrons. The molecular weight excluding hydrogens is 434 g/mol. The van der Waals surface area contributed by atoms with Crippen LogP contribution in [0.2, 0.25) is 0 Å². The van der Waals surface area contributed by atoms with Crippen LogP contribution in [0.4, 0.5) is 8.78 Å². The number of para-hydroxylation sites is 1. The van der Waals surface area contributed by atoms with Crippen molar-refractivity contribution in [1.82, 2.24) is 9.88 Å². The summed E-state index contributed by atoms with van der Waals surface area (Å²) in [5, 5.41) is 10.0. The molecule has 176 valence electrons. The lowest BCUT2D eigenvalue weighted by Gasteiger charge is -2.55. The lowest BCUT2D eigenvalue weighted by atomic mass is 9.61. The number of hydrogen-bond donors (Lipinski definition) is 2.